The summed E-state index contributed by atoms with van der Waals surface area (Å²) < 4.78 is 0. The van der Waals surface area contributed by atoms with Crippen molar-refractivity contribution in [2.75, 3.05) is 20.1 Å². The van der Waals surface area contributed by atoms with Gasteiger partial charge in [-0.1, -0.05) is 44.2 Å². The maximum absolute atomic E-state index is 6.15. The predicted octanol–water partition coefficient (Wildman–Crippen LogP) is 2.56. The Morgan fingerprint density at radius 2 is 1.89 bits per heavy atom. The minimum atomic E-state index is 0.156. The van der Waals surface area contributed by atoms with Crippen molar-refractivity contribution in [2.24, 2.45) is 11.7 Å². The number of benzene rings is 1. The molecule has 0 aliphatic heterocycles. The Bertz CT molecular complexity index is 311. The van der Waals surface area contributed by atoms with E-state index in [9.17, 15) is 0 Å². The molecule has 0 heterocycles. The predicted molar refractivity (Wildman–Crippen MR) is 78.1 cm³/mol. The van der Waals surface area contributed by atoms with Gasteiger partial charge in [-0.3, -0.25) is 5.43 Å². The molecule has 0 saturated heterocycles. The second kappa shape index (κ2) is 8.25. The number of hydrazine groups is 1. The number of rotatable bonds is 8. The molecule has 1 aromatic carbocycles. The summed E-state index contributed by atoms with van der Waals surface area (Å²) in [6.07, 6.45) is 2.12. The monoisotopic (exact) mass is 249 g/mol. The summed E-state index contributed by atoms with van der Waals surface area (Å²) in [6.45, 7) is 6.52. The average Bonchev–Trinajstić information content (AvgIpc) is 2.34. The van der Waals surface area contributed by atoms with Crippen molar-refractivity contribution in [1.29, 1.82) is 0 Å². The van der Waals surface area contributed by atoms with Crippen molar-refractivity contribution < 1.29 is 0 Å². The molecular weight excluding hydrogens is 222 g/mol. The SMILES string of the molecule is CC(C)CN(C)NCCCC(N)c1ccccc1. The molecule has 3 heteroatoms. The van der Waals surface area contributed by atoms with Crippen LogP contribution in [0.1, 0.15) is 38.3 Å². The molecule has 3 nitrogen and oxygen atoms in total. The Morgan fingerprint density at radius 1 is 1.22 bits per heavy atom. The van der Waals surface area contributed by atoms with E-state index in [2.05, 4.69) is 43.5 Å². The lowest BCUT2D eigenvalue weighted by Gasteiger charge is -2.20. The third-order valence-electron chi connectivity index (χ3n) is 2.94. The Hall–Kier alpha value is -0.900. The fourth-order valence-corrected chi connectivity index (χ4v) is 2.07. The first-order valence-electron chi connectivity index (χ1n) is 6.84. The molecule has 1 aromatic rings. The molecular formula is C15H27N3. The molecule has 0 amide bonds. The van der Waals surface area contributed by atoms with E-state index >= 15 is 0 Å². The number of nitrogens with zero attached hydrogens (tertiary/aromatic N) is 1. The Labute approximate surface area is 111 Å². The van der Waals surface area contributed by atoms with Gasteiger partial charge in [-0.05, 0) is 24.3 Å². The zero-order valence-electron chi connectivity index (χ0n) is 11.9. The number of hydrogen-bond donors (Lipinski definition) is 2. The summed E-state index contributed by atoms with van der Waals surface area (Å²) in [6, 6.07) is 10.5. The topological polar surface area (TPSA) is 41.3 Å². The van der Waals surface area contributed by atoms with Crippen molar-refractivity contribution in [2.45, 2.75) is 32.7 Å². The first-order valence-corrected chi connectivity index (χ1v) is 6.84. The van der Waals surface area contributed by atoms with Crippen LogP contribution in [0.4, 0.5) is 0 Å². The van der Waals surface area contributed by atoms with Gasteiger partial charge >= 0.3 is 0 Å². The lowest BCUT2D eigenvalue weighted by molar-refractivity contribution is 0.207. The van der Waals surface area contributed by atoms with E-state index in [1.165, 1.54) is 5.56 Å². The van der Waals surface area contributed by atoms with Crippen LogP contribution in [0.3, 0.4) is 0 Å². The molecule has 1 rings (SSSR count). The van der Waals surface area contributed by atoms with E-state index in [4.69, 9.17) is 5.73 Å². The van der Waals surface area contributed by atoms with E-state index in [1.807, 2.05) is 18.2 Å². The quantitative estimate of drug-likeness (QED) is 0.549. The minimum absolute atomic E-state index is 0.156. The Morgan fingerprint density at radius 3 is 2.50 bits per heavy atom. The van der Waals surface area contributed by atoms with Crippen LogP contribution in [0.15, 0.2) is 30.3 Å². The summed E-state index contributed by atoms with van der Waals surface area (Å²) in [7, 11) is 2.09. The smallest absolute Gasteiger partial charge is 0.0295 e. The van der Waals surface area contributed by atoms with Gasteiger partial charge in [0.2, 0.25) is 0 Å². The van der Waals surface area contributed by atoms with Gasteiger partial charge in [0, 0.05) is 26.2 Å². The second-order valence-electron chi connectivity index (χ2n) is 5.34. The molecule has 0 saturated carbocycles. The highest BCUT2D eigenvalue weighted by atomic mass is 15.5. The van der Waals surface area contributed by atoms with Crippen LogP contribution in [0.25, 0.3) is 0 Å². The maximum atomic E-state index is 6.15. The van der Waals surface area contributed by atoms with Crippen molar-refractivity contribution >= 4 is 0 Å². The normalized spacial score (nSPS) is 13.2. The van der Waals surface area contributed by atoms with Crippen LogP contribution < -0.4 is 11.2 Å². The highest BCUT2D eigenvalue weighted by molar-refractivity contribution is 5.18. The molecule has 3 N–H and O–H groups in total. The molecule has 102 valence electrons. The van der Waals surface area contributed by atoms with Crippen molar-refractivity contribution in [1.82, 2.24) is 10.4 Å². The average molecular weight is 249 g/mol. The van der Waals surface area contributed by atoms with Crippen LogP contribution >= 0.6 is 0 Å². The summed E-state index contributed by atoms with van der Waals surface area (Å²) >= 11 is 0. The molecule has 0 aliphatic rings. The van der Waals surface area contributed by atoms with Gasteiger partial charge in [-0.2, -0.15) is 0 Å². The first kappa shape index (κ1) is 15.2. The van der Waals surface area contributed by atoms with Gasteiger partial charge in [0.25, 0.3) is 0 Å². The Balaban J connectivity index is 2.15. The standard InChI is InChI=1S/C15H27N3/c1-13(2)12-18(3)17-11-7-10-15(16)14-8-5-4-6-9-14/h4-6,8-9,13,15,17H,7,10-12,16H2,1-3H3. The van der Waals surface area contributed by atoms with E-state index in [0.29, 0.717) is 5.92 Å². The van der Waals surface area contributed by atoms with Crippen LogP contribution in [0.5, 0.6) is 0 Å². The molecule has 0 radical (unpaired) electrons. The van der Waals surface area contributed by atoms with Crippen LogP contribution in [0, 0.1) is 5.92 Å². The van der Waals surface area contributed by atoms with Crippen LogP contribution in [0.2, 0.25) is 0 Å². The van der Waals surface area contributed by atoms with E-state index in [-0.39, 0.29) is 6.04 Å². The highest BCUT2D eigenvalue weighted by Crippen LogP contribution is 2.14. The zero-order chi connectivity index (χ0) is 13.4. The highest BCUT2D eigenvalue weighted by Gasteiger charge is 2.05. The molecule has 0 spiro atoms. The zero-order valence-corrected chi connectivity index (χ0v) is 11.9. The van der Waals surface area contributed by atoms with E-state index < -0.39 is 0 Å². The van der Waals surface area contributed by atoms with Gasteiger partial charge in [0.05, 0.1) is 0 Å². The van der Waals surface area contributed by atoms with Crippen molar-refractivity contribution in [3.05, 3.63) is 35.9 Å². The first-order chi connectivity index (χ1) is 8.59. The summed E-state index contributed by atoms with van der Waals surface area (Å²) in [4.78, 5) is 0. The summed E-state index contributed by atoms with van der Waals surface area (Å²) in [5.74, 6) is 0.689. The largest absolute Gasteiger partial charge is 0.324 e. The second-order valence-corrected chi connectivity index (χ2v) is 5.34. The number of nitrogens with one attached hydrogen (secondary N) is 1. The van der Waals surface area contributed by atoms with Gasteiger partial charge in [-0.15, -0.1) is 0 Å². The fraction of sp³-hybridized carbons (Fsp3) is 0.600. The molecule has 0 fully saturated rings. The maximum Gasteiger partial charge on any atom is 0.0295 e. The van der Waals surface area contributed by atoms with Gasteiger partial charge in [0.1, 0.15) is 0 Å². The van der Waals surface area contributed by atoms with Gasteiger partial charge in [0.15, 0.2) is 0 Å². The van der Waals surface area contributed by atoms with Crippen molar-refractivity contribution in [3.8, 4) is 0 Å². The minimum Gasteiger partial charge on any atom is -0.324 e. The van der Waals surface area contributed by atoms with Crippen LogP contribution in [-0.2, 0) is 0 Å². The summed E-state index contributed by atoms with van der Waals surface area (Å²) in [5, 5.41) is 2.17. The third kappa shape index (κ3) is 6.15. The molecule has 1 atom stereocenters. The van der Waals surface area contributed by atoms with E-state index in [0.717, 1.165) is 25.9 Å². The Kier molecular flexibility index (Phi) is 6.94. The van der Waals surface area contributed by atoms with Crippen LogP contribution in [-0.4, -0.2) is 25.1 Å². The molecule has 0 aliphatic carbocycles. The number of hydrogen-bond acceptors (Lipinski definition) is 3. The lowest BCUT2D eigenvalue weighted by Crippen LogP contribution is -2.37. The molecule has 18 heavy (non-hydrogen) atoms. The summed E-state index contributed by atoms with van der Waals surface area (Å²) in [5.41, 5.74) is 10.8. The lowest BCUT2D eigenvalue weighted by atomic mass is 10.0. The fourth-order valence-electron chi connectivity index (χ4n) is 2.07. The third-order valence-corrected chi connectivity index (χ3v) is 2.94. The molecule has 0 aromatic heterocycles. The molecule has 0 bridgehead atoms. The van der Waals surface area contributed by atoms with Gasteiger partial charge < -0.3 is 5.73 Å². The molecule has 1 unspecified atom stereocenters. The van der Waals surface area contributed by atoms with Crippen molar-refractivity contribution in [3.63, 3.8) is 0 Å². The van der Waals surface area contributed by atoms with Gasteiger partial charge in [-0.25, -0.2) is 5.01 Å². The van der Waals surface area contributed by atoms with E-state index in [1.54, 1.807) is 0 Å². The number of nitrogens with two attached hydrogens (primary N) is 1.